The summed E-state index contributed by atoms with van der Waals surface area (Å²) in [6.07, 6.45) is 3.00. The second kappa shape index (κ2) is 11.4. The first-order chi connectivity index (χ1) is 14.9. The van der Waals surface area contributed by atoms with Crippen LogP contribution in [0.5, 0.6) is 5.75 Å². The lowest BCUT2D eigenvalue weighted by Crippen LogP contribution is -2.34. The molecule has 31 heavy (non-hydrogen) atoms. The fourth-order valence-electron chi connectivity index (χ4n) is 2.47. The Balaban J connectivity index is 2.38. The highest BCUT2D eigenvalue weighted by molar-refractivity contribution is 7.07. The van der Waals surface area contributed by atoms with E-state index in [1.165, 1.54) is 24.0 Å². The van der Waals surface area contributed by atoms with E-state index in [0.717, 1.165) is 11.3 Å². The molecule has 0 saturated carbocycles. The average molecular weight is 442 g/mol. The molecule has 1 amide bonds. The molecule has 10 heteroatoms. The monoisotopic (exact) mass is 442 g/mol. The first-order valence-corrected chi connectivity index (χ1v) is 10.1. The molecule has 0 spiro atoms. The zero-order chi connectivity index (χ0) is 22.8. The number of nitriles is 1. The number of methoxy groups -OCH3 is 1. The molecule has 0 radical (unpaired) electrons. The number of thiazole rings is 1. The summed E-state index contributed by atoms with van der Waals surface area (Å²) in [4.78, 5) is 36.2. The molecule has 0 fully saturated rings. The van der Waals surface area contributed by atoms with Gasteiger partial charge < -0.3 is 20.1 Å². The molecule has 0 aliphatic rings. The van der Waals surface area contributed by atoms with Crippen LogP contribution in [0.15, 0.2) is 41.7 Å². The van der Waals surface area contributed by atoms with E-state index >= 15 is 0 Å². The lowest BCUT2D eigenvalue weighted by Gasteiger charge is -2.06. The van der Waals surface area contributed by atoms with Crippen molar-refractivity contribution in [1.82, 2.24) is 9.88 Å². The number of anilines is 1. The summed E-state index contributed by atoms with van der Waals surface area (Å²) < 4.78 is 11.8. The van der Waals surface area contributed by atoms with E-state index in [0.29, 0.717) is 22.5 Å². The summed E-state index contributed by atoms with van der Waals surface area (Å²) in [6.45, 7) is 5.57. The van der Waals surface area contributed by atoms with Crippen molar-refractivity contribution >= 4 is 40.7 Å². The van der Waals surface area contributed by atoms with Gasteiger partial charge in [0, 0.05) is 31.0 Å². The van der Waals surface area contributed by atoms with Gasteiger partial charge in [0.25, 0.3) is 11.5 Å². The second-order valence-electron chi connectivity index (χ2n) is 5.99. The van der Waals surface area contributed by atoms with E-state index in [1.54, 1.807) is 31.2 Å². The normalized spacial score (nSPS) is 11.8. The van der Waals surface area contributed by atoms with Crippen molar-refractivity contribution < 1.29 is 19.1 Å². The molecule has 0 saturated heterocycles. The molecule has 0 unspecified atom stereocenters. The molecule has 0 bridgehead atoms. The van der Waals surface area contributed by atoms with Gasteiger partial charge in [0.1, 0.15) is 21.0 Å². The first-order valence-electron chi connectivity index (χ1n) is 9.24. The van der Waals surface area contributed by atoms with Crippen LogP contribution in [0.3, 0.4) is 0 Å². The van der Waals surface area contributed by atoms with Crippen molar-refractivity contribution in [2.24, 2.45) is 0 Å². The third-order valence-corrected chi connectivity index (χ3v) is 5.10. The van der Waals surface area contributed by atoms with Gasteiger partial charge in [0.2, 0.25) is 0 Å². The molecule has 2 N–H and O–H groups in total. The number of aromatic nitrogens is 1. The Labute approximate surface area is 182 Å². The second-order valence-corrected chi connectivity index (χ2v) is 7.02. The molecule has 1 aromatic heterocycles. The average Bonchev–Trinajstić information content (AvgIpc) is 3.10. The maximum absolute atomic E-state index is 12.7. The van der Waals surface area contributed by atoms with Gasteiger partial charge in [-0.15, -0.1) is 17.9 Å². The van der Waals surface area contributed by atoms with E-state index < -0.39 is 11.9 Å². The summed E-state index contributed by atoms with van der Waals surface area (Å²) in [5.41, 5.74) is 0.161. The van der Waals surface area contributed by atoms with Crippen LogP contribution in [0.25, 0.3) is 11.8 Å². The number of amides is 1. The molecular weight excluding hydrogens is 420 g/mol. The SMILES string of the molecule is C=CCNC(=O)/C(C#N)=c1\s/c(=C/Nc2cccc(OCC(=O)OC)c2)c(=O)n1CC. The number of benzene rings is 1. The van der Waals surface area contributed by atoms with Crippen molar-refractivity contribution in [3.63, 3.8) is 0 Å². The van der Waals surface area contributed by atoms with Gasteiger partial charge in [0.05, 0.1) is 7.11 Å². The van der Waals surface area contributed by atoms with E-state index in [9.17, 15) is 19.6 Å². The van der Waals surface area contributed by atoms with Gasteiger partial charge in [0.15, 0.2) is 12.2 Å². The highest BCUT2D eigenvalue weighted by Crippen LogP contribution is 2.17. The van der Waals surface area contributed by atoms with Crippen molar-refractivity contribution in [3.8, 4) is 11.8 Å². The van der Waals surface area contributed by atoms with E-state index in [-0.39, 0.29) is 28.9 Å². The number of carbonyl (C=O) groups excluding carboxylic acids is 2. The molecule has 2 aromatic rings. The van der Waals surface area contributed by atoms with Gasteiger partial charge in [-0.3, -0.25) is 14.2 Å². The van der Waals surface area contributed by atoms with Gasteiger partial charge in [-0.25, -0.2) is 4.79 Å². The Morgan fingerprint density at radius 1 is 1.39 bits per heavy atom. The van der Waals surface area contributed by atoms with E-state index in [1.807, 2.05) is 6.07 Å². The van der Waals surface area contributed by atoms with Crippen LogP contribution in [0, 0.1) is 11.3 Å². The summed E-state index contributed by atoms with van der Waals surface area (Å²) in [6, 6.07) is 8.69. The number of esters is 1. The maximum Gasteiger partial charge on any atom is 0.343 e. The standard InChI is InChI=1S/C21H22N4O5S/c1-4-9-23-19(27)16(11-22)21-25(5-2)20(28)17(31-21)12-24-14-7-6-8-15(10-14)30-13-18(26)29-3/h4,6-8,10,12,24H,1,5,9,13H2,2-3H3,(H,23,27)/b17-12+,21-16-. The quantitative estimate of drug-likeness (QED) is 0.423. The molecule has 0 aliphatic heterocycles. The minimum atomic E-state index is -0.569. The van der Waals surface area contributed by atoms with Gasteiger partial charge in [-0.05, 0) is 19.1 Å². The van der Waals surface area contributed by atoms with Crippen LogP contribution in [0.2, 0.25) is 0 Å². The Bertz CT molecular complexity index is 1190. The number of rotatable bonds is 9. The molecule has 9 nitrogen and oxygen atoms in total. The van der Waals surface area contributed by atoms with Crippen molar-refractivity contribution in [3.05, 3.63) is 56.5 Å². The largest absolute Gasteiger partial charge is 0.482 e. The third kappa shape index (κ3) is 6.07. The molecule has 2 rings (SSSR count). The van der Waals surface area contributed by atoms with Crippen LogP contribution in [-0.2, 0) is 20.9 Å². The fourth-order valence-corrected chi connectivity index (χ4v) is 3.55. The van der Waals surface area contributed by atoms with Gasteiger partial charge >= 0.3 is 5.97 Å². The maximum atomic E-state index is 12.7. The van der Waals surface area contributed by atoms with Crippen molar-refractivity contribution in [2.75, 3.05) is 25.6 Å². The number of nitrogens with zero attached hydrogens (tertiary/aromatic N) is 2. The third-order valence-electron chi connectivity index (χ3n) is 3.97. The van der Waals surface area contributed by atoms with E-state index in [2.05, 4.69) is 21.9 Å². The lowest BCUT2D eigenvalue weighted by atomic mass is 10.3. The highest BCUT2D eigenvalue weighted by Gasteiger charge is 2.14. The van der Waals surface area contributed by atoms with Gasteiger partial charge in [-0.2, -0.15) is 5.26 Å². The highest BCUT2D eigenvalue weighted by atomic mass is 32.1. The predicted octanol–water partition coefficient (Wildman–Crippen LogP) is 0.308. The Hall–Kier alpha value is -3.84. The first kappa shape index (κ1) is 23.4. The van der Waals surface area contributed by atoms with Crippen molar-refractivity contribution in [1.29, 1.82) is 5.26 Å². The van der Waals surface area contributed by atoms with Gasteiger partial charge in [-0.1, -0.05) is 12.1 Å². The van der Waals surface area contributed by atoms with Crippen molar-refractivity contribution in [2.45, 2.75) is 13.5 Å². The zero-order valence-electron chi connectivity index (χ0n) is 17.1. The fraction of sp³-hybridized carbons (Fsp3) is 0.238. The Morgan fingerprint density at radius 3 is 2.81 bits per heavy atom. The summed E-state index contributed by atoms with van der Waals surface area (Å²) >= 11 is 1.04. The number of nitrogens with one attached hydrogen (secondary N) is 2. The van der Waals surface area contributed by atoms with Crippen LogP contribution in [-0.4, -0.2) is 36.7 Å². The number of ether oxygens (including phenoxy) is 2. The lowest BCUT2D eigenvalue weighted by molar-refractivity contribution is -0.142. The Kier molecular flexibility index (Phi) is 8.60. The topological polar surface area (TPSA) is 122 Å². The molecule has 162 valence electrons. The Morgan fingerprint density at radius 2 is 2.16 bits per heavy atom. The summed E-state index contributed by atoms with van der Waals surface area (Å²) in [7, 11) is 1.27. The summed E-state index contributed by atoms with van der Waals surface area (Å²) in [5.74, 6) is -0.626. The van der Waals surface area contributed by atoms with Crippen LogP contribution in [0.1, 0.15) is 6.92 Å². The molecular formula is C21H22N4O5S. The van der Waals surface area contributed by atoms with Crippen LogP contribution < -0.4 is 30.1 Å². The number of hydrogen-bond acceptors (Lipinski definition) is 8. The predicted molar refractivity (Wildman–Crippen MR) is 118 cm³/mol. The van der Waals surface area contributed by atoms with E-state index in [4.69, 9.17) is 4.74 Å². The molecule has 0 atom stereocenters. The van der Waals surface area contributed by atoms with Crippen LogP contribution >= 0.6 is 11.3 Å². The minimum Gasteiger partial charge on any atom is -0.482 e. The molecule has 1 heterocycles. The molecule has 0 aliphatic carbocycles. The summed E-state index contributed by atoms with van der Waals surface area (Å²) in [5, 5.41) is 15.0. The molecule has 1 aromatic carbocycles. The number of hydrogen-bond donors (Lipinski definition) is 2. The number of carbonyl (C=O) groups is 2. The van der Waals surface area contributed by atoms with Crippen LogP contribution in [0.4, 0.5) is 5.69 Å². The smallest absolute Gasteiger partial charge is 0.343 e. The minimum absolute atomic E-state index is 0.136. The zero-order valence-corrected chi connectivity index (χ0v) is 18.0.